The van der Waals surface area contributed by atoms with Crippen molar-refractivity contribution < 1.29 is 0 Å². The normalized spacial score (nSPS) is 10.5. The van der Waals surface area contributed by atoms with Crippen LogP contribution in [0.15, 0.2) is 0 Å². The molecule has 1 heterocycles. The molecule has 0 saturated heterocycles. The van der Waals surface area contributed by atoms with Crippen molar-refractivity contribution in [3.63, 3.8) is 0 Å². The number of rotatable bonds is 3. The molecule has 0 spiro atoms. The van der Waals surface area contributed by atoms with Crippen LogP contribution in [0, 0.1) is 6.92 Å². The molecule has 11 heavy (non-hydrogen) atoms. The second kappa shape index (κ2) is 3.53. The van der Waals surface area contributed by atoms with Crippen LogP contribution in [0.5, 0.6) is 0 Å². The predicted molar refractivity (Wildman–Crippen MR) is 45.5 cm³/mol. The van der Waals surface area contributed by atoms with Crippen LogP contribution < -0.4 is 5.32 Å². The molecule has 1 rings (SSSR count). The summed E-state index contributed by atoms with van der Waals surface area (Å²) in [6.07, 6.45) is 1.00. The number of hydrogen-bond acceptors (Lipinski definition) is 2. The third kappa shape index (κ3) is 1.60. The summed E-state index contributed by atoms with van der Waals surface area (Å²) in [6, 6.07) is 0. The Hall–Kier alpha value is -0.830. The fourth-order valence-electron chi connectivity index (χ4n) is 1.21. The number of H-pyrrole nitrogens is 1. The lowest BCUT2D eigenvalue weighted by Crippen LogP contribution is -2.07. The van der Waals surface area contributed by atoms with E-state index in [-0.39, 0.29) is 0 Å². The third-order valence-corrected chi connectivity index (χ3v) is 1.85. The highest BCUT2D eigenvalue weighted by Crippen LogP contribution is 2.09. The number of aromatic nitrogens is 2. The van der Waals surface area contributed by atoms with E-state index in [4.69, 9.17) is 0 Å². The molecule has 0 radical (unpaired) electrons. The molecule has 2 N–H and O–H groups in total. The quantitative estimate of drug-likeness (QED) is 0.680. The largest absolute Gasteiger partial charge is 0.316 e. The highest BCUT2D eigenvalue weighted by Gasteiger charge is 2.05. The Morgan fingerprint density at radius 1 is 1.55 bits per heavy atom. The summed E-state index contributed by atoms with van der Waals surface area (Å²) < 4.78 is 0. The average Bonchev–Trinajstić information content (AvgIpc) is 2.34. The monoisotopic (exact) mass is 153 g/mol. The van der Waals surface area contributed by atoms with E-state index in [1.165, 1.54) is 17.0 Å². The molecule has 3 nitrogen and oxygen atoms in total. The van der Waals surface area contributed by atoms with Gasteiger partial charge in [-0.3, -0.25) is 5.10 Å². The lowest BCUT2D eigenvalue weighted by Gasteiger charge is -1.99. The van der Waals surface area contributed by atoms with Gasteiger partial charge in [0.05, 0.1) is 5.69 Å². The smallest absolute Gasteiger partial charge is 0.0667 e. The summed E-state index contributed by atoms with van der Waals surface area (Å²) in [6.45, 7) is 5.08. The Morgan fingerprint density at radius 2 is 2.27 bits per heavy atom. The molecule has 0 amide bonds. The van der Waals surface area contributed by atoms with E-state index in [0.717, 1.165) is 13.0 Å². The van der Waals surface area contributed by atoms with Crippen molar-refractivity contribution >= 4 is 0 Å². The Balaban J connectivity index is 2.88. The molecule has 0 aliphatic heterocycles. The first-order chi connectivity index (χ1) is 5.29. The second-order valence-electron chi connectivity index (χ2n) is 2.66. The van der Waals surface area contributed by atoms with Gasteiger partial charge in [0, 0.05) is 17.8 Å². The van der Waals surface area contributed by atoms with E-state index in [0.29, 0.717) is 0 Å². The number of aryl methyl sites for hydroxylation is 2. The Bertz CT molecular complexity index is 227. The van der Waals surface area contributed by atoms with Crippen LogP contribution in [0.1, 0.15) is 23.9 Å². The lowest BCUT2D eigenvalue weighted by molar-refractivity contribution is 0.800. The molecule has 3 heteroatoms. The second-order valence-corrected chi connectivity index (χ2v) is 2.66. The summed E-state index contributed by atoms with van der Waals surface area (Å²) in [5, 5.41) is 10.3. The summed E-state index contributed by atoms with van der Waals surface area (Å²) in [5.74, 6) is 0. The van der Waals surface area contributed by atoms with Gasteiger partial charge < -0.3 is 5.32 Å². The summed E-state index contributed by atoms with van der Waals surface area (Å²) in [5.41, 5.74) is 3.67. The average molecular weight is 153 g/mol. The lowest BCUT2D eigenvalue weighted by atomic mass is 10.1. The van der Waals surface area contributed by atoms with Crippen molar-refractivity contribution in [1.29, 1.82) is 0 Å². The zero-order valence-corrected chi connectivity index (χ0v) is 7.36. The first-order valence-electron chi connectivity index (χ1n) is 3.96. The number of nitrogens with one attached hydrogen (secondary N) is 2. The zero-order chi connectivity index (χ0) is 8.27. The molecule has 0 aromatic carbocycles. The number of hydrogen-bond donors (Lipinski definition) is 2. The molecule has 0 unspecified atom stereocenters. The predicted octanol–water partition coefficient (Wildman–Crippen LogP) is 1.000. The van der Waals surface area contributed by atoms with Crippen molar-refractivity contribution in [2.45, 2.75) is 26.8 Å². The van der Waals surface area contributed by atoms with Crippen molar-refractivity contribution in [3.8, 4) is 0 Å². The van der Waals surface area contributed by atoms with E-state index in [1.54, 1.807) is 0 Å². The maximum absolute atomic E-state index is 4.19. The van der Waals surface area contributed by atoms with Gasteiger partial charge in [0.2, 0.25) is 0 Å². The minimum absolute atomic E-state index is 0.908. The first-order valence-corrected chi connectivity index (χ1v) is 3.96. The molecular weight excluding hydrogens is 138 g/mol. The van der Waals surface area contributed by atoms with E-state index < -0.39 is 0 Å². The molecule has 0 aliphatic carbocycles. The van der Waals surface area contributed by atoms with Gasteiger partial charge in [-0.1, -0.05) is 6.92 Å². The van der Waals surface area contributed by atoms with Crippen molar-refractivity contribution in [2.24, 2.45) is 0 Å². The number of aromatic amines is 1. The van der Waals surface area contributed by atoms with Gasteiger partial charge in [-0.05, 0) is 20.4 Å². The van der Waals surface area contributed by atoms with Crippen LogP contribution in [-0.4, -0.2) is 17.2 Å². The Labute approximate surface area is 67.2 Å². The minimum Gasteiger partial charge on any atom is -0.316 e. The SMILES string of the molecule is CCc1n[nH]c(C)c1CNC. The van der Waals surface area contributed by atoms with E-state index >= 15 is 0 Å². The molecule has 0 bridgehead atoms. The first kappa shape index (κ1) is 8.27. The molecule has 0 atom stereocenters. The molecule has 0 fully saturated rings. The van der Waals surface area contributed by atoms with Crippen LogP contribution in [0.2, 0.25) is 0 Å². The molecular formula is C8H15N3. The van der Waals surface area contributed by atoms with Gasteiger partial charge in [0.1, 0.15) is 0 Å². The maximum Gasteiger partial charge on any atom is 0.0667 e. The van der Waals surface area contributed by atoms with Crippen LogP contribution in [0.25, 0.3) is 0 Å². The third-order valence-electron chi connectivity index (χ3n) is 1.85. The standard InChI is InChI=1S/C8H15N3/c1-4-8-7(5-9-3)6(2)10-11-8/h9H,4-5H2,1-3H3,(H,10,11). The van der Waals surface area contributed by atoms with Crippen LogP contribution >= 0.6 is 0 Å². The fourth-order valence-corrected chi connectivity index (χ4v) is 1.21. The summed E-state index contributed by atoms with van der Waals surface area (Å²) >= 11 is 0. The van der Waals surface area contributed by atoms with Gasteiger partial charge in [0.25, 0.3) is 0 Å². The van der Waals surface area contributed by atoms with Crippen LogP contribution in [-0.2, 0) is 13.0 Å². The highest BCUT2D eigenvalue weighted by molar-refractivity contribution is 5.23. The van der Waals surface area contributed by atoms with Crippen LogP contribution in [0.3, 0.4) is 0 Å². The van der Waals surface area contributed by atoms with Gasteiger partial charge >= 0.3 is 0 Å². The molecule has 1 aromatic rings. The van der Waals surface area contributed by atoms with Crippen molar-refractivity contribution in [3.05, 3.63) is 17.0 Å². The Morgan fingerprint density at radius 3 is 2.82 bits per heavy atom. The zero-order valence-electron chi connectivity index (χ0n) is 7.36. The summed E-state index contributed by atoms with van der Waals surface area (Å²) in [7, 11) is 1.95. The van der Waals surface area contributed by atoms with Crippen LogP contribution in [0.4, 0.5) is 0 Å². The minimum atomic E-state index is 0.908. The van der Waals surface area contributed by atoms with Crippen molar-refractivity contribution in [1.82, 2.24) is 15.5 Å². The van der Waals surface area contributed by atoms with Gasteiger partial charge in [-0.25, -0.2) is 0 Å². The molecule has 0 aliphatic rings. The van der Waals surface area contributed by atoms with Gasteiger partial charge in [-0.2, -0.15) is 5.10 Å². The van der Waals surface area contributed by atoms with Gasteiger partial charge in [-0.15, -0.1) is 0 Å². The molecule has 0 saturated carbocycles. The fraction of sp³-hybridized carbons (Fsp3) is 0.625. The highest BCUT2D eigenvalue weighted by atomic mass is 15.1. The van der Waals surface area contributed by atoms with Gasteiger partial charge in [0.15, 0.2) is 0 Å². The molecule has 1 aromatic heterocycles. The van der Waals surface area contributed by atoms with E-state index in [1.807, 2.05) is 7.05 Å². The van der Waals surface area contributed by atoms with Crippen molar-refractivity contribution in [2.75, 3.05) is 7.05 Å². The molecule has 62 valence electrons. The topological polar surface area (TPSA) is 40.7 Å². The van der Waals surface area contributed by atoms with E-state index in [2.05, 4.69) is 29.4 Å². The van der Waals surface area contributed by atoms with E-state index in [9.17, 15) is 0 Å². The maximum atomic E-state index is 4.19. The Kier molecular flexibility index (Phi) is 2.65. The summed E-state index contributed by atoms with van der Waals surface area (Å²) in [4.78, 5) is 0. The number of nitrogens with zero attached hydrogens (tertiary/aromatic N) is 1.